The van der Waals surface area contributed by atoms with Gasteiger partial charge in [-0.3, -0.25) is 0 Å². The minimum atomic E-state index is -0.681. The minimum Gasteiger partial charge on any atom is -0.502 e. The van der Waals surface area contributed by atoms with Crippen LogP contribution in [0.25, 0.3) is 0 Å². The van der Waals surface area contributed by atoms with E-state index < -0.39 is 12.1 Å². The fourth-order valence-corrected chi connectivity index (χ4v) is 2.50. The van der Waals surface area contributed by atoms with E-state index in [-0.39, 0.29) is 5.76 Å². The van der Waals surface area contributed by atoms with Gasteiger partial charge in [-0.05, 0) is 24.1 Å². The first-order valence-corrected chi connectivity index (χ1v) is 8.27. The van der Waals surface area contributed by atoms with Gasteiger partial charge >= 0.3 is 5.97 Å². The monoisotopic (exact) mass is 362 g/mol. The van der Waals surface area contributed by atoms with Gasteiger partial charge in [0.05, 0.1) is 0 Å². The van der Waals surface area contributed by atoms with Gasteiger partial charge in [-0.15, -0.1) is 0 Å². The average molecular weight is 363 g/mol. The molecule has 0 amide bonds. The lowest BCUT2D eigenvalue weighted by atomic mass is 10.0. The van der Waals surface area contributed by atoms with Crippen molar-refractivity contribution >= 4 is 21.9 Å². The van der Waals surface area contributed by atoms with E-state index >= 15 is 0 Å². The average Bonchev–Trinajstić information content (AvgIpc) is 2.77. The highest BCUT2D eigenvalue weighted by molar-refractivity contribution is 9.10. The highest BCUT2D eigenvalue weighted by Gasteiger charge is 2.32. The van der Waals surface area contributed by atoms with Crippen molar-refractivity contribution in [1.82, 2.24) is 0 Å². The van der Waals surface area contributed by atoms with Crippen LogP contribution in [0.5, 0.6) is 0 Å². The van der Waals surface area contributed by atoms with Crippen molar-refractivity contribution in [2.24, 2.45) is 0 Å². The largest absolute Gasteiger partial charge is 0.502 e. The molecule has 1 aliphatic rings. The number of aliphatic hydroxyl groups excluding tert-OH is 1. The Hall–Kier alpha value is -1.73. The first-order chi connectivity index (χ1) is 10.6. The number of carbonyl (C=O) groups excluding carboxylic acids is 1. The number of hydrogen-bond acceptors (Lipinski definition) is 3. The van der Waals surface area contributed by atoms with Crippen molar-refractivity contribution in [3.63, 3.8) is 0 Å². The highest BCUT2D eigenvalue weighted by atomic mass is 79.9. The molecular weight excluding hydrogens is 344 g/mol. The van der Waals surface area contributed by atoms with E-state index in [0.717, 1.165) is 35.7 Å². The summed E-state index contributed by atoms with van der Waals surface area (Å²) in [6, 6.07) is 7.74. The molecule has 0 aromatic heterocycles. The maximum Gasteiger partial charge on any atom is 0.375 e. The lowest BCUT2D eigenvalue weighted by Gasteiger charge is -2.07. The number of ether oxygens (including phenoxy) is 1. The number of carbonyl (C=O) groups is 1. The topological polar surface area (TPSA) is 46.5 Å². The fraction of sp³-hybridized carbons (Fsp3) is 0.389. The van der Waals surface area contributed by atoms with Crippen LogP contribution in [0.3, 0.4) is 0 Å². The van der Waals surface area contributed by atoms with E-state index in [4.69, 9.17) is 4.74 Å². The van der Waals surface area contributed by atoms with Gasteiger partial charge in [0, 0.05) is 22.9 Å². The fourth-order valence-electron chi connectivity index (χ4n) is 2.23. The summed E-state index contributed by atoms with van der Waals surface area (Å²) in [6.07, 6.45) is 3.95. The minimum absolute atomic E-state index is 0.296. The first kappa shape index (κ1) is 16.6. The molecule has 116 valence electrons. The Morgan fingerprint density at radius 1 is 1.27 bits per heavy atom. The van der Waals surface area contributed by atoms with Crippen LogP contribution < -0.4 is 0 Å². The molecule has 0 saturated carbocycles. The second kappa shape index (κ2) is 8.05. The summed E-state index contributed by atoms with van der Waals surface area (Å²) < 4.78 is 6.13. The lowest BCUT2D eigenvalue weighted by molar-refractivity contribution is -0.140. The predicted octanol–water partition coefficient (Wildman–Crippen LogP) is 4.31. The molecule has 0 spiro atoms. The highest BCUT2D eigenvalue weighted by Crippen LogP contribution is 2.25. The summed E-state index contributed by atoms with van der Waals surface area (Å²) in [5, 5.41) is 9.91. The molecule has 1 N–H and O–H groups in total. The van der Waals surface area contributed by atoms with Crippen LogP contribution in [0.15, 0.2) is 40.1 Å². The second-order valence-electron chi connectivity index (χ2n) is 5.24. The van der Waals surface area contributed by atoms with Crippen molar-refractivity contribution in [3.05, 3.63) is 45.6 Å². The van der Waals surface area contributed by atoms with Crippen LogP contribution in [0, 0.1) is 11.8 Å². The quantitative estimate of drug-likeness (QED) is 0.482. The van der Waals surface area contributed by atoms with Crippen LogP contribution >= 0.6 is 15.9 Å². The van der Waals surface area contributed by atoms with E-state index in [9.17, 15) is 9.90 Å². The van der Waals surface area contributed by atoms with E-state index in [1.54, 1.807) is 0 Å². The van der Waals surface area contributed by atoms with Gasteiger partial charge < -0.3 is 9.84 Å². The Bertz CT molecular complexity index is 620. The van der Waals surface area contributed by atoms with Gasteiger partial charge in [0.1, 0.15) is 0 Å². The first-order valence-electron chi connectivity index (χ1n) is 7.47. The third-order valence-electron chi connectivity index (χ3n) is 3.49. The summed E-state index contributed by atoms with van der Waals surface area (Å²) in [7, 11) is 0. The van der Waals surface area contributed by atoms with Crippen LogP contribution in [-0.2, 0) is 16.0 Å². The molecular formula is C18H19BrO3. The second-order valence-corrected chi connectivity index (χ2v) is 6.16. The number of esters is 1. The summed E-state index contributed by atoms with van der Waals surface area (Å²) in [5.74, 6) is 5.03. The summed E-state index contributed by atoms with van der Waals surface area (Å²) in [6.45, 7) is 2.14. The van der Waals surface area contributed by atoms with Gasteiger partial charge in [-0.1, -0.05) is 59.7 Å². The zero-order valence-corrected chi connectivity index (χ0v) is 14.1. The van der Waals surface area contributed by atoms with E-state index in [2.05, 4.69) is 34.7 Å². The molecule has 3 nitrogen and oxygen atoms in total. The molecule has 0 radical (unpaired) electrons. The van der Waals surface area contributed by atoms with Crippen molar-refractivity contribution in [2.75, 3.05) is 0 Å². The third-order valence-corrected chi connectivity index (χ3v) is 4.01. The molecule has 4 heteroatoms. The number of unbranched alkanes of at least 4 members (excludes halogenated alkanes) is 3. The van der Waals surface area contributed by atoms with Crippen LogP contribution in [0.2, 0.25) is 0 Å². The molecule has 1 heterocycles. The Labute approximate surface area is 139 Å². The van der Waals surface area contributed by atoms with Gasteiger partial charge in [0.2, 0.25) is 5.76 Å². The van der Waals surface area contributed by atoms with E-state index in [1.807, 2.05) is 24.3 Å². The molecule has 0 fully saturated rings. The zero-order valence-electron chi connectivity index (χ0n) is 12.6. The molecule has 1 unspecified atom stereocenters. The Morgan fingerprint density at radius 2 is 2.00 bits per heavy atom. The molecule has 1 aromatic carbocycles. The predicted molar refractivity (Wildman–Crippen MR) is 89.3 cm³/mol. The number of cyclic esters (lactones) is 1. The standard InChI is InChI=1S/C18H19BrO3/c1-2-3-4-5-6-7-16-15(17(20)18(21)22-16)12-13-8-10-14(19)11-9-13/h8-11,16,20H,2-5,12H2,1H3. The third kappa shape index (κ3) is 4.38. The molecule has 0 aliphatic carbocycles. The molecule has 1 aliphatic heterocycles. The Morgan fingerprint density at radius 3 is 2.68 bits per heavy atom. The molecule has 0 saturated heterocycles. The zero-order chi connectivity index (χ0) is 15.9. The summed E-state index contributed by atoms with van der Waals surface area (Å²) in [4.78, 5) is 11.6. The summed E-state index contributed by atoms with van der Waals surface area (Å²) >= 11 is 3.38. The van der Waals surface area contributed by atoms with E-state index in [1.165, 1.54) is 0 Å². The molecule has 2 rings (SSSR count). The smallest absolute Gasteiger partial charge is 0.375 e. The molecule has 1 aromatic rings. The van der Waals surface area contributed by atoms with Crippen LogP contribution in [0.4, 0.5) is 0 Å². The van der Waals surface area contributed by atoms with E-state index in [0.29, 0.717) is 12.0 Å². The van der Waals surface area contributed by atoms with Crippen molar-refractivity contribution < 1.29 is 14.6 Å². The van der Waals surface area contributed by atoms with Crippen molar-refractivity contribution in [3.8, 4) is 11.8 Å². The molecule has 0 bridgehead atoms. The lowest BCUT2D eigenvalue weighted by Crippen LogP contribution is -2.10. The Balaban J connectivity index is 2.07. The van der Waals surface area contributed by atoms with Gasteiger partial charge in [-0.25, -0.2) is 4.79 Å². The van der Waals surface area contributed by atoms with Gasteiger partial charge in [-0.2, -0.15) is 0 Å². The summed E-state index contributed by atoms with van der Waals surface area (Å²) in [5.41, 5.74) is 1.55. The molecule has 1 atom stereocenters. The maximum atomic E-state index is 11.6. The van der Waals surface area contributed by atoms with Gasteiger partial charge in [0.15, 0.2) is 6.10 Å². The number of benzene rings is 1. The van der Waals surface area contributed by atoms with Gasteiger partial charge in [0.25, 0.3) is 0 Å². The van der Waals surface area contributed by atoms with Crippen molar-refractivity contribution in [2.45, 2.75) is 45.1 Å². The maximum absolute atomic E-state index is 11.6. The molecule has 22 heavy (non-hydrogen) atoms. The number of rotatable bonds is 5. The van der Waals surface area contributed by atoms with Crippen LogP contribution in [-0.4, -0.2) is 17.2 Å². The Kier molecular flexibility index (Phi) is 6.09. The number of halogens is 1. The van der Waals surface area contributed by atoms with Crippen LogP contribution in [0.1, 0.15) is 38.2 Å². The number of aliphatic hydroxyl groups is 1. The van der Waals surface area contributed by atoms with Crippen molar-refractivity contribution in [1.29, 1.82) is 0 Å². The SMILES string of the molecule is CCCCCC#CC1OC(=O)C(O)=C1Cc1ccc(Br)cc1. The number of hydrogen-bond donors (Lipinski definition) is 1. The normalized spacial score (nSPS) is 17.2.